The molecule has 0 aliphatic carbocycles. The van der Waals surface area contributed by atoms with Gasteiger partial charge >= 0.3 is 6.18 Å². The summed E-state index contributed by atoms with van der Waals surface area (Å²) >= 11 is 5.72. The number of furan rings is 1. The predicted molar refractivity (Wildman–Crippen MR) is 69.5 cm³/mol. The van der Waals surface area contributed by atoms with E-state index in [1.165, 1.54) is 6.07 Å². The number of benzene rings is 1. The molecule has 0 radical (unpaired) electrons. The number of halogens is 4. The normalized spacial score (nSPS) is 13.5. The molecule has 2 rings (SSSR count). The second kappa shape index (κ2) is 5.50. The van der Waals surface area contributed by atoms with Crippen molar-refractivity contribution < 1.29 is 22.7 Å². The van der Waals surface area contributed by atoms with Crippen LogP contribution in [0.25, 0.3) is 11.3 Å². The van der Waals surface area contributed by atoms with Crippen molar-refractivity contribution in [1.82, 2.24) is 0 Å². The SMILES string of the molecule is CC(O)Cc1ccc(-c2cc(Cl)cc(C(F)(F)F)c2)o1. The van der Waals surface area contributed by atoms with Gasteiger partial charge in [0.15, 0.2) is 0 Å². The number of rotatable bonds is 3. The first-order valence-corrected chi connectivity index (χ1v) is 6.28. The second-order valence-corrected chi connectivity index (χ2v) is 4.98. The molecular formula is C14H12ClF3O2. The summed E-state index contributed by atoms with van der Waals surface area (Å²) in [5, 5.41) is 9.24. The second-order valence-electron chi connectivity index (χ2n) is 4.55. The van der Waals surface area contributed by atoms with E-state index < -0.39 is 17.8 Å². The molecular weight excluding hydrogens is 293 g/mol. The highest BCUT2D eigenvalue weighted by Gasteiger charge is 2.31. The van der Waals surface area contributed by atoms with Gasteiger partial charge < -0.3 is 9.52 Å². The summed E-state index contributed by atoms with van der Waals surface area (Å²) in [6.45, 7) is 1.60. The minimum Gasteiger partial charge on any atom is -0.461 e. The van der Waals surface area contributed by atoms with Crippen LogP contribution < -0.4 is 0 Å². The molecule has 2 nitrogen and oxygen atoms in total. The number of alkyl halides is 3. The lowest BCUT2D eigenvalue weighted by molar-refractivity contribution is -0.137. The molecule has 20 heavy (non-hydrogen) atoms. The van der Waals surface area contributed by atoms with Crippen LogP contribution in [0.3, 0.4) is 0 Å². The minimum absolute atomic E-state index is 0.0108. The summed E-state index contributed by atoms with van der Waals surface area (Å²) in [6.07, 6.45) is -4.75. The zero-order chi connectivity index (χ0) is 14.9. The van der Waals surface area contributed by atoms with Crippen LogP contribution in [0.15, 0.2) is 34.7 Å². The fourth-order valence-electron chi connectivity index (χ4n) is 1.83. The molecule has 1 N–H and O–H groups in total. The van der Waals surface area contributed by atoms with Gasteiger partial charge in [-0.15, -0.1) is 0 Å². The van der Waals surface area contributed by atoms with Crippen LogP contribution >= 0.6 is 11.6 Å². The third kappa shape index (κ3) is 3.55. The zero-order valence-corrected chi connectivity index (χ0v) is 11.3. The molecule has 1 aromatic heterocycles. The quantitative estimate of drug-likeness (QED) is 0.903. The van der Waals surface area contributed by atoms with Crippen LogP contribution in [0.2, 0.25) is 5.02 Å². The molecule has 0 saturated heterocycles. The first kappa shape index (κ1) is 14.9. The Hall–Kier alpha value is -1.46. The van der Waals surface area contributed by atoms with Crippen LogP contribution in [0.5, 0.6) is 0 Å². The molecule has 0 spiro atoms. The highest BCUT2D eigenvalue weighted by molar-refractivity contribution is 6.30. The molecule has 0 amide bonds. The molecule has 0 saturated carbocycles. The smallest absolute Gasteiger partial charge is 0.416 e. The van der Waals surface area contributed by atoms with Crippen LogP contribution in [0.4, 0.5) is 13.2 Å². The van der Waals surface area contributed by atoms with Crippen molar-refractivity contribution >= 4 is 11.6 Å². The molecule has 0 bridgehead atoms. The third-order valence-electron chi connectivity index (χ3n) is 2.67. The molecule has 1 atom stereocenters. The van der Waals surface area contributed by atoms with Crippen LogP contribution in [-0.2, 0) is 12.6 Å². The predicted octanol–water partition coefficient (Wildman–Crippen LogP) is 4.54. The largest absolute Gasteiger partial charge is 0.461 e. The van der Waals surface area contributed by atoms with Gasteiger partial charge in [-0.25, -0.2) is 0 Å². The van der Waals surface area contributed by atoms with Crippen molar-refractivity contribution in [1.29, 1.82) is 0 Å². The van der Waals surface area contributed by atoms with E-state index in [2.05, 4.69) is 0 Å². The lowest BCUT2D eigenvalue weighted by atomic mass is 10.1. The van der Waals surface area contributed by atoms with Gasteiger partial charge in [-0.3, -0.25) is 0 Å². The van der Waals surface area contributed by atoms with Gasteiger partial charge in [0, 0.05) is 17.0 Å². The Bertz CT molecular complexity index is 603. The molecule has 1 heterocycles. The first-order chi connectivity index (χ1) is 9.25. The first-order valence-electron chi connectivity index (χ1n) is 5.90. The summed E-state index contributed by atoms with van der Waals surface area (Å²) in [5.74, 6) is 0.789. The maximum absolute atomic E-state index is 12.7. The van der Waals surface area contributed by atoms with E-state index in [-0.39, 0.29) is 16.3 Å². The van der Waals surface area contributed by atoms with E-state index in [1.54, 1.807) is 19.1 Å². The summed E-state index contributed by atoms with van der Waals surface area (Å²) in [4.78, 5) is 0. The number of hydrogen-bond donors (Lipinski definition) is 1. The van der Waals surface area contributed by atoms with Gasteiger partial charge in [-0.05, 0) is 37.3 Å². The van der Waals surface area contributed by atoms with E-state index in [4.69, 9.17) is 16.0 Å². The summed E-state index contributed by atoms with van der Waals surface area (Å²) in [6, 6.07) is 6.43. The van der Waals surface area contributed by atoms with Crippen molar-refractivity contribution in [3.05, 3.63) is 46.7 Å². The molecule has 0 aliphatic heterocycles. The average molecular weight is 305 g/mol. The Morgan fingerprint density at radius 1 is 1.25 bits per heavy atom. The standard InChI is InChI=1S/C14H12ClF3O2/c1-8(19)4-12-2-3-13(20-12)9-5-10(14(16,17)18)7-11(15)6-9/h2-3,5-8,19H,4H2,1H3. The molecule has 2 aromatic rings. The Morgan fingerprint density at radius 3 is 2.55 bits per heavy atom. The third-order valence-corrected chi connectivity index (χ3v) is 2.89. The van der Waals surface area contributed by atoms with Crippen LogP contribution in [0.1, 0.15) is 18.2 Å². The van der Waals surface area contributed by atoms with Gasteiger partial charge in [0.2, 0.25) is 0 Å². The van der Waals surface area contributed by atoms with Gasteiger partial charge in [0.25, 0.3) is 0 Å². The summed E-state index contributed by atoms with van der Waals surface area (Å²) in [5.41, 5.74) is -0.574. The monoisotopic (exact) mass is 304 g/mol. The maximum atomic E-state index is 12.7. The van der Waals surface area contributed by atoms with E-state index in [9.17, 15) is 18.3 Å². The number of aliphatic hydroxyl groups is 1. The van der Waals surface area contributed by atoms with Gasteiger partial charge in [0.1, 0.15) is 11.5 Å². The fraction of sp³-hybridized carbons (Fsp3) is 0.286. The molecule has 6 heteroatoms. The van der Waals surface area contributed by atoms with Crippen molar-refractivity contribution in [3.63, 3.8) is 0 Å². The number of hydrogen-bond acceptors (Lipinski definition) is 2. The van der Waals surface area contributed by atoms with E-state index in [0.717, 1.165) is 12.1 Å². The Kier molecular flexibility index (Phi) is 4.11. The highest BCUT2D eigenvalue weighted by Crippen LogP contribution is 2.35. The van der Waals surface area contributed by atoms with E-state index in [1.807, 2.05) is 0 Å². The fourth-order valence-corrected chi connectivity index (χ4v) is 2.06. The molecule has 0 aliphatic rings. The molecule has 108 valence electrons. The van der Waals surface area contributed by atoms with Crippen molar-refractivity contribution in [3.8, 4) is 11.3 Å². The van der Waals surface area contributed by atoms with Crippen molar-refractivity contribution in [2.75, 3.05) is 0 Å². The van der Waals surface area contributed by atoms with Gasteiger partial charge in [-0.2, -0.15) is 13.2 Å². The summed E-state index contributed by atoms with van der Waals surface area (Å²) in [7, 11) is 0. The number of aliphatic hydroxyl groups excluding tert-OH is 1. The van der Waals surface area contributed by atoms with Crippen LogP contribution in [-0.4, -0.2) is 11.2 Å². The minimum atomic E-state index is -4.46. The highest BCUT2D eigenvalue weighted by atomic mass is 35.5. The molecule has 0 fully saturated rings. The molecule has 1 aromatic carbocycles. The lowest BCUT2D eigenvalue weighted by Crippen LogP contribution is -2.04. The summed E-state index contributed by atoms with van der Waals surface area (Å²) < 4.78 is 43.6. The van der Waals surface area contributed by atoms with Gasteiger partial charge in [-0.1, -0.05) is 11.6 Å². The zero-order valence-electron chi connectivity index (χ0n) is 10.5. The average Bonchev–Trinajstić information content (AvgIpc) is 2.74. The van der Waals surface area contributed by atoms with Gasteiger partial charge in [0.05, 0.1) is 11.7 Å². The molecule has 1 unspecified atom stereocenters. The Balaban J connectivity index is 2.37. The van der Waals surface area contributed by atoms with E-state index in [0.29, 0.717) is 12.2 Å². The Morgan fingerprint density at radius 2 is 1.95 bits per heavy atom. The maximum Gasteiger partial charge on any atom is 0.416 e. The van der Waals surface area contributed by atoms with Crippen molar-refractivity contribution in [2.24, 2.45) is 0 Å². The topological polar surface area (TPSA) is 33.4 Å². The van der Waals surface area contributed by atoms with Crippen molar-refractivity contribution in [2.45, 2.75) is 25.6 Å². The lowest BCUT2D eigenvalue weighted by Gasteiger charge is -2.08. The Labute approximate surface area is 118 Å². The van der Waals surface area contributed by atoms with Crippen LogP contribution in [0, 0.1) is 0 Å². The van der Waals surface area contributed by atoms with E-state index >= 15 is 0 Å².